The first kappa shape index (κ1) is 13.5. The molecular weight excluding hydrogens is 250 g/mol. The normalized spacial score (nSPS) is 27.2. The molecule has 0 spiro atoms. The molecule has 1 fully saturated rings. The Hall–Kier alpha value is -0.470. The summed E-state index contributed by atoms with van der Waals surface area (Å²) < 4.78 is 0. The highest BCUT2D eigenvalue weighted by molar-refractivity contribution is 7.99. The lowest BCUT2D eigenvalue weighted by atomic mass is 9.90. The van der Waals surface area contributed by atoms with E-state index in [0.717, 1.165) is 12.0 Å². The zero-order valence-corrected chi connectivity index (χ0v) is 13.2. The third kappa shape index (κ3) is 2.71. The van der Waals surface area contributed by atoms with E-state index in [1.54, 1.807) is 5.56 Å². The molecule has 104 valence electrons. The molecule has 1 aromatic carbocycles. The molecule has 1 unspecified atom stereocenters. The first-order chi connectivity index (χ1) is 9.15. The van der Waals surface area contributed by atoms with Gasteiger partial charge in [-0.25, -0.2) is 0 Å². The molecule has 2 aliphatic rings. The number of rotatable bonds is 3. The van der Waals surface area contributed by atoms with Gasteiger partial charge < -0.3 is 4.90 Å². The number of hydrogen-bond acceptors (Lipinski definition) is 2. The van der Waals surface area contributed by atoms with Crippen LogP contribution in [0.2, 0.25) is 0 Å². The van der Waals surface area contributed by atoms with Crippen LogP contribution in [-0.2, 0) is 0 Å². The van der Waals surface area contributed by atoms with Crippen molar-refractivity contribution in [2.24, 2.45) is 0 Å². The predicted octanol–water partition coefficient (Wildman–Crippen LogP) is 4.48. The maximum atomic E-state index is 2.56. The molecule has 2 heteroatoms. The van der Waals surface area contributed by atoms with Crippen molar-refractivity contribution in [2.75, 3.05) is 19.3 Å². The van der Waals surface area contributed by atoms with Crippen LogP contribution >= 0.6 is 11.8 Å². The van der Waals surface area contributed by atoms with Gasteiger partial charge in [0.05, 0.1) is 0 Å². The van der Waals surface area contributed by atoms with Crippen molar-refractivity contribution < 1.29 is 0 Å². The maximum absolute atomic E-state index is 2.56. The van der Waals surface area contributed by atoms with Crippen LogP contribution in [0, 0.1) is 0 Å². The number of benzene rings is 1. The molecule has 0 aliphatic carbocycles. The summed E-state index contributed by atoms with van der Waals surface area (Å²) in [6.45, 7) is 5.89. The lowest BCUT2D eigenvalue weighted by molar-refractivity contribution is 0.286. The Morgan fingerprint density at radius 1 is 1.37 bits per heavy atom. The average molecular weight is 275 g/mol. The fourth-order valence-electron chi connectivity index (χ4n) is 3.46. The number of thioether (sulfide) groups is 1. The summed E-state index contributed by atoms with van der Waals surface area (Å²) in [4.78, 5) is 4.10. The van der Waals surface area contributed by atoms with Crippen LogP contribution in [0.4, 0.5) is 0 Å². The van der Waals surface area contributed by atoms with Crippen molar-refractivity contribution in [3.8, 4) is 0 Å². The monoisotopic (exact) mass is 275 g/mol. The quantitative estimate of drug-likeness (QED) is 0.800. The number of hydrogen-bond donors (Lipinski definition) is 0. The Morgan fingerprint density at radius 3 is 2.89 bits per heavy atom. The smallest absolute Gasteiger partial charge is 0.0108 e. The SMILES string of the molecule is CC(C)c1ccc2c(c1)C(C[C@H]1CCCN1C)CS2. The summed E-state index contributed by atoms with van der Waals surface area (Å²) in [5, 5.41) is 0. The van der Waals surface area contributed by atoms with Crippen molar-refractivity contribution in [1.82, 2.24) is 4.90 Å². The molecule has 0 amide bonds. The zero-order chi connectivity index (χ0) is 13.4. The van der Waals surface area contributed by atoms with Crippen LogP contribution < -0.4 is 0 Å². The first-order valence-electron chi connectivity index (χ1n) is 7.62. The molecule has 2 atom stereocenters. The number of nitrogens with zero attached hydrogens (tertiary/aromatic N) is 1. The third-order valence-corrected chi connectivity index (χ3v) is 6.06. The molecule has 2 heterocycles. The Labute approximate surface area is 121 Å². The van der Waals surface area contributed by atoms with Gasteiger partial charge in [0.2, 0.25) is 0 Å². The number of fused-ring (bicyclic) bond motifs is 1. The Morgan fingerprint density at radius 2 is 2.21 bits per heavy atom. The standard InChI is InChI=1S/C17H25NS/c1-12(2)13-6-7-17-16(10-13)14(11-19-17)9-15-5-4-8-18(15)3/h6-7,10,12,14-15H,4-5,8-9,11H2,1-3H3/t14?,15-/m1/s1. The molecule has 3 rings (SSSR count). The molecule has 0 bridgehead atoms. The van der Waals surface area contributed by atoms with E-state index in [2.05, 4.69) is 55.8 Å². The van der Waals surface area contributed by atoms with Crippen LogP contribution in [0.1, 0.15) is 56.1 Å². The highest BCUT2D eigenvalue weighted by atomic mass is 32.2. The maximum Gasteiger partial charge on any atom is 0.0108 e. The lowest BCUT2D eigenvalue weighted by Crippen LogP contribution is -2.26. The molecule has 2 aliphatic heterocycles. The Balaban J connectivity index is 1.78. The van der Waals surface area contributed by atoms with Gasteiger partial charge in [0.15, 0.2) is 0 Å². The molecule has 0 aromatic heterocycles. The van der Waals surface area contributed by atoms with Crippen LogP contribution in [-0.4, -0.2) is 30.3 Å². The van der Waals surface area contributed by atoms with E-state index in [0.29, 0.717) is 5.92 Å². The minimum atomic E-state index is 0.644. The largest absolute Gasteiger partial charge is 0.303 e. The summed E-state index contributed by atoms with van der Waals surface area (Å²) in [5.74, 6) is 2.72. The highest BCUT2D eigenvalue weighted by Gasteiger charge is 2.29. The van der Waals surface area contributed by atoms with Gasteiger partial charge in [0.25, 0.3) is 0 Å². The van der Waals surface area contributed by atoms with E-state index in [1.165, 1.54) is 42.0 Å². The zero-order valence-electron chi connectivity index (χ0n) is 12.4. The molecule has 1 aromatic rings. The molecule has 1 nitrogen and oxygen atoms in total. The van der Waals surface area contributed by atoms with Gasteiger partial charge >= 0.3 is 0 Å². The van der Waals surface area contributed by atoms with Crippen molar-refractivity contribution in [3.05, 3.63) is 29.3 Å². The molecule has 19 heavy (non-hydrogen) atoms. The van der Waals surface area contributed by atoms with E-state index >= 15 is 0 Å². The summed E-state index contributed by atoms with van der Waals surface area (Å²) >= 11 is 2.06. The summed E-state index contributed by atoms with van der Waals surface area (Å²) in [6, 6.07) is 7.98. The predicted molar refractivity (Wildman–Crippen MR) is 84.3 cm³/mol. The Kier molecular flexibility index (Phi) is 3.91. The van der Waals surface area contributed by atoms with Gasteiger partial charge in [-0.15, -0.1) is 11.8 Å². The second-order valence-electron chi connectivity index (χ2n) is 6.47. The van der Waals surface area contributed by atoms with Gasteiger partial charge in [0, 0.05) is 16.7 Å². The van der Waals surface area contributed by atoms with E-state index in [-0.39, 0.29) is 0 Å². The second kappa shape index (κ2) is 5.49. The van der Waals surface area contributed by atoms with Crippen molar-refractivity contribution in [1.29, 1.82) is 0 Å². The second-order valence-corrected chi connectivity index (χ2v) is 7.53. The van der Waals surface area contributed by atoms with Crippen LogP contribution in [0.3, 0.4) is 0 Å². The summed E-state index contributed by atoms with van der Waals surface area (Å²) in [7, 11) is 2.30. The fourth-order valence-corrected chi connectivity index (χ4v) is 4.71. The number of likely N-dealkylation sites (tertiary alicyclic amines) is 1. The van der Waals surface area contributed by atoms with Crippen molar-refractivity contribution >= 4 is 11.8 Å². The van der Waals surface area contributed by atoms with Gasteiger partial charge in [-0.2, -0.15) is 0 Å². The molecule has 0 saturated carbocycles. The van der Waals surface area contributed by atoms with Crippen LogP contribution in [0.25, 0.3) is 0 Å². The van der Waals surface area contributed by atoms with Crippen LogP contribution in [0.15, 0.2) is 23.1 Å². The summed E-state index contributed by atoms with van der Waals surface area (Å²) in [5.41, 5.74) is 3.14. The van der Waals surface area contributed by atoms with Crippen molar-refractivity contribution in [3.63, 3.8) is 0 Å². The highest BCUT2D eigenvalue weighted by Crippen LogP contribution is 2.44. The third-order valence-electron chi connectivity index (χ3n) is 4.81. The van der Waals surface area contributed by atoms with Gasteiger partial charge in [-0.05, 0) is 61.9 Å². The first-order valence-corrected chi connectivity index (χ1v) is 8.60. The Bertz CT molecular complexity index is 455. The van der Waals surface area contributed by atoms with E-state index in [1.807, 2.05) is 0 Å². The van der Waals surface area contributed by atoms with E-state index in [4.69, 9.17) is 0 Å². The van der Waals surface area contributed by atoms with E-state index in [9.17, 15) is 0 Å². The fraction of sp³-hybridized carbons (Fsp3) is 0.647. The van der Waals surface area contributed by atoms with Gasteiger partial charge in [0.1, 0.15) is 0 Å². The van der Waals surface area contributed by atoms with Crippen LogP contribution in [0.5, 0.6) is 0 Å². The molecular formula is C17H25NS. The minimum absolute atomic E-state index is 0.644. The van der Waals surface area contributed by atoms with Gasteiger partial charge in [-0.3, -0.25) is 0 Å². The molecule has 1 saturated heterocycles. The minimum Gasteiger partial charge on any atom is -0.303 e. The lowest BCUT2D eigenvalue weighted by Gasteiger charge is -2.23. The average Bonchev–Trinajstić information content (AvgIpc) is 2.97. The van der Waals surface area contributed by atoms with E-state index < -0.39 is 0 Å². The topological polar surface area (TPSA) is 3.24 Å². The van der Waals surface area contributed by atoms with Gasteiger partial charge in [-0.1, -0.05) is 26.0 Å². The summed E-state index contributed by atoms with van der Waals surface area (Å²) in [6.07, 6.45) is 4.15. The molecule has 0 N–H and O–H groups in total. The molecule has 0 radical (unpaired) electrons. The van der Waals surface area contributed by atoms with Crippen molar-refractivity contribution in [2.45, 2.75) is 55.9 Å².